The number of carboxylic acids is 1. The first-order chi connectivity index (χ1) is 9.97. The number of nitrogens with zero attached hydrogens (tertiary/aromatic N) is 1. The molecule has 2 rings (SSSR count). The van der Waals surface area contributed by atoms with Crippen LogP contribution in [0.3, 0.4) is 0 Å². The lowest BCUT2D eigenvalue weighted by Crippen LogP contribution is -2.31. The van der Waals surface area contributed by atoms with Crippen molar-refractivity contribution in [3.8, 4) is 0 Å². The fourth-order valence-corrected chi connectivity index (χ4v) is 2.73. The maximum Gasteiger partial charge on any atom is 0.356 e. The average Bonchev–Trinajstić information content (AvgIpc) is 2.85. The van der Waals surface area contributed by atoms with E-state index in [2.05, 4.69) is 15.6 Å². The van der Waals surface area contributed by atoms with E-state index >= 15 is 0 Å². The Morgan fingerprint density at radius 3 is 2.76 bits per heavy atom. The molecule has 8 heteroatoms. The molecule has 6 nitrogen and oxygen atoms in total. The normalized spacial score (nSPS) is 11.7. The third kappa shape index (κ3) is 3.93. The zero-order chi connectivity index (χ0) is 15.4. The molecule has 21 heavy (non-hydrogen) atoms. The van der Waals surface area contributed by atoms with Gasteiger partial charge >= 0.3 is 12.0 Å². The summed E-state index contributed by atoms with van der Waals surface area (Å²) in [6.45, 7) is 1.81. The molecule has 0 aromatic carbocycles. The highest BCUT2D eigenvalue weighted by atomic mass is 35.5. The van der Waals surface area contributed by atoms with Crippen molar-refractivity contribution in [2.24, 2.45) is 0 Å². The lowest BCUT2D eigenvalue weighted by Gasteiger charge is -2.13. The summed E-state index contributed by atoms with van der Waals surface area (Å²) in [5.74, 6) is -1.20. The Kier molecular flexibility index (Phi) is 4.77. The Morgan fingerprint density at radius 1 is 1.38 bits per heavy atom. The molecule has 1 unspecified atom stereocenters. The molecule has 0 aliphatic rings. The van der Waals surface area contributed by atoms with E-state index in [1.54, 1.807) is 12.1 Å². The quantitative estimate of drug-likeness (QED) is 0.803. The highest BCUT2D eigenvalue weighted by Gasteiger charge is 2.15. The smallest absolute Gasteiger partial charge is 0.356 e. The first-order valence-corrected chi connectivity index (χ1v) is 7.18. The van der Waals surface area contributed by atoms with E-state index in [-0.39, 0.29) is 17.4 Å². The average molecular weight is 326 g/mol. The van der Waals surface area contributed by atoms with Crippen molar-refractivity contribution in [1.82, 2.24) is 10.3 Å². The first-order valence-electron chi connectivity index (χ1n) is 5.98. The van der Waals surface area contributed by atoms with Crippen LogP contribution in [0.2, 0.25) is 4.34 Å². The molecule has 3 N–H and O–H groups in total. The Bertz CT molecular complexity index is 674. The number of carboxylic acid groups (broad SMARTS) is 1. The topological polar surface area (TPSA) is 91.3 Å². The van der Waals surface area contributed by atoms with Gasteiger partial charge in [0, 0.05) is 11.1 Å². The van der Waals surface area contributed by atoms with Crippen LogP contribution < -0.4 is 10.6 Å². The number of amides is 2. The Balaban J connectivity index is 2.04. The van der Waals surface area contributed by atoms with Crippen molar-refractivity contribution in [2.75, 3.05) is 5.32 Å². The van der Waals surface area contributed by atoms with Crippen molar-refractivity contribution in [2.45, 2.75) is 13.0 Å². The van der Waals surface area contributed by atoms with Gasteiger partial charge < -0.3 is 15.7 Å². The molecule has 2 aromatic heterocycles. The highest BCUT2D eigenvalue weighted by Crippen LogP contribution is 2.26. The summed E-state index contributed by atoms with van der Waals surface area (Å²) in [4.78, 5) is 27.5. The Hall–Kier alpha value is -2.12. The summed E-state index contributed by atoms with van der Waals surface area (Å²) in [7, 11) is 0. The molecule has 1 atom stereocenters. The van der Waals surface area contributed by atoms with Gasteiger partial charge in [-0.25, -0.2) is 14.6 Å². The van der Waals surface area contributed by atoms with Gasteiger partial charge in [0.2, 0.25) is 0 Å². The van der Waals surface area contributed by atoms with Crippen molar-refractivity contribution in [1.29, 1.82) is 0 Å². The monoisotopic (exact) mass is 325 g/mol. The number of rotatable bonds is 4. The minimum absolute atomic E-state index is 0.138. The summed E-state index contributed by atoms with van der Waals surface area (Å²) < 4.78 is 0.638. The predicted molar refractivity (Wildman–Crippen MR) is 81.1 cm³/mol. The van der Waals surface area contributed by atoms with Gasteiger partial charge in [-0.05, 0) is 31.2 Å². The fourth-order valence-electron chi connectivity index (χ4n) is 1.66. The number of thiophene rings is 1. The number of pyridine rings is 1. The molecular formula is C13H12ClN3O3S. The second-order valence-corrected chi connectivity index (χ2v) is 5.91. The lowest BCUT2D eigenvalue weighted by atomic mass is 10.3. The number of carbonyl (C=O) groups is 2. The minimum atomic E-state index is -1.20. The number of nitrogens with one attached hydrogen (secondary N) is 2. The van der Waals surface area contributed by atoms with Gasteiger partial charge in [-0.3, -0.25) is 0 Å². The summed E-state index contributed by atoms with van der Waals surface area (Å²) in [6.07, 6.45) is 1.35. The third-order valence-corrected chi connectivity index (χ3v) is 4.04. The number of aromatic nitrogens is 1. The van der Waals surface area contributed by atoms with Crippen LogP contribution in [0.5, 0.6) is 0 Å². The number of hydrogen-bond acceptors (Lipinski definition) is 4. The van der Waals surface area contributed by atoms with E-state index in [1.165, 1.54) is 23.6 Å². The van der Waals surface area contributed by atoms with E-state index in [9.17, 15) is 9.59 Å². The third-order valence-electron chi connectivity index (χ3n) is 2.63. The number of carbonyl (C=O) groups excluding carboxylic acids is 1. The van der Waals surface area contributed by atoms with E-state index in [0.717, 1.165) is 4.88 Å². The number of aromatic carboxylic acids is 1. The van der Waals surface area contributed by atoms with Gasteiger partial charge in [0.05, 0.1) is 16.1 Å². The number of hydrogen-bond donors (Lipinski definition) is 3. The van der Waals surface area contributed by atoms with E-state index in [0.29, 0.717) is 4.34 Å². The maximum absolute atomic E-state index is 11.9. The molecule has 0 aliphatic heterocycles. The van der Waals surface area contributed by atoms with Crippen molar-refractivity contribution in [3.05, 3.63) is 45.4 Å². The molecule has 110 valence electrons. The van der Waals surface area contributed by atoms with Crippen LogP contribution in [0.15, 0.2) is 30.5 Å². The summed E-state index contributed by atoms with van der Waals surface area (Å²) >= 11 is 7.21. The van der Waals surface area contributed by atoms with Crippen molar-refractivity contribution < 1.29 is 14.7 Å². The Labute approximate surface area is 129 Å². The maximum atomic E-state index is 11.9. The van der Waals surface area contributed by atoms with Gasteiger partial charge in [0.15, 0.2) is 5.69 Å². The first kappa shape index (κ1) is 15.3. The van der Waals surface area contributed by atoms with Crippen LogP contribution in [0.4, 0.5) is 10.5 Å². The zero-order valence-electron chi connectivity index (χ0n) is 11.0. The molecule has 0 fully saturated rings. The van der Waals surface area contributed by atoms with Gasteiger partial charge in [0.25, 0.3) is 0 Å². The summed E-state index contributed by atoms with van der Waals surface area (Å²) in [5, 5.41) is 14.2. The summed E-state index contributed by atoms with van der Waals surface area (Å²) in [5.41, 5.74) is -0.0709. The van der Waals surface area contributed by atoms with Crippen LogP contribution in [0.25, 0.3) is 0 Å². The number of anilines is 1. The van der Waals surface area contributed by atoms with Crippen LogP contribution >= 0.6 is 22.9 Å². The number of halogens is 1. The molecule has 0 bridgehead atoms. The molecular weight excluding hydrogens is 314 g/mol. The van der Waals surface area contributed by atoms with Crippen LogP contribution in [0.1, 0.15) is 28.3 Å². The highest BCUT2D eigenvalue weighted by molar-refractivity contribution is 7.16. The van der Waals surface area contributed by atoms with Gasteiger partial charge in [-0.2, -0.15) is 0 Å². The van der Waals surface area contributed by atoms with E-state index in [4.69, 9.17) is 16.7 Å². The van der Waals surface area contributed by atoms with Crippen LogP contribution in [-0.2, 0) is 0 Å². The second-order valence-electron chi connectivity index (χ2n) is 4.17. The molecule has 2 amide bonds. The van der Waals surface area contributed by atoms with Crippen LogP contribution in [0, 0.1) is 0 Å². The second kappa shape index (κ2) is 6.55. The predicted octanol–water partition coefficient (Wildman–Crippen LogP) is 3.38. The number of urea groups is 1. The fraction of sp³-hybridized carbons (Fsp3) is 0.154. The van der Waals surface area contributed by atoms with E-state index in [1.807, 2.05) is 13.0 Å². The SMILES string of the molecule is CC(NC(=O)Nc1cccnc1C(=O)O)c1ccc(Cl)s1. The molecule has 2 heterocycles. The molecule has 2 aromatic rings. The minimum Gasteiger partial charge on any atom is -0.476 e. The van der Waals surface area contributed by atoms with Gasteiger partial charge in [0.1, 0.15) is 0 Å². The van der Waals surface area contributed by atoms with Crippen LogP contribution in [-0.4, -0.2) is 22.1 Å². The van der Waals surface area contributed by atoms with Gasteiger partial charge in [-0.15, -0.1) is 11.3 Å². The van der Waals surface area contributed by atoms with Crippen molar-refractivity contribution >= 4 is 40.6 Å². The van der Waals surface area contributed by atoms with Gasteiger partial charge in [-0.1, -0.05) is 11.6 Å². The van der Waals surface area contributed by atoms with Crippen molar-refractivity contribution in [3.63, 3.8) is 0 Å². The zero-order valence-corrected chi connectivity index (χ0v) is 12.5. The molecule has 0 radical (unpaired) electrons. The largest absolute Gasteiger partial charge is 0.476 e. The molecule has 0 saturated heterocycles. The molecule has 0 spiro atoms. The molecule has 0 aliphatic carbocycles. The molecule has 0 saturated carbocycles. The standard InChI is InChI=1S/C13H12ClN3O3S/c1-7(9-4-5-10(14)21-9)16-13(20)17-8-3-2-6-15-11(8)12(18)19/h2-7H,1H3,(H,18,19)(H2,16,17,20). The Morgan fingerprint density at radius 2 is 2.14 bits per heavy atom. The lowest BCUT2D eigenvalue weighted by molar-refractivity contribution is 0.0692. The summed E-state index contributed by atoms with van der Waals surface area (Å²) in [6, 6.07) is 5.84. The van der Waals surface area contributed by atoms with E-state index < -0.39 is 12.0 Å².